The predicted octanol–water partition coefficient (Wildman–Crippen LogP) is 3.26. The summed E-state index contributed by atoms with van der Waals surface area (Å²) in [5.41, 5.74) is 1.32. The molecule has 9 heteroatoms. The smallest absolute Gasteiger partial charge is 0.266 e. The van der Waals surface area contributed by atoms with Crippen LogP contribution in [0.3, 0.4) is 0 Å². The first kappa shape index (κ1) is 19.5. The van der Waals surface area contributed by atoms with E-state index in [1.165, 1.54) is 16.7 Å². The van der Waals surface area contributed by atoms with E-state index in [2.05, 4.69) is 5.32 Å². The highest BCUT2D eigenvalue weighted by Crippen LogP contribution is 2.36. The predicted molar refractivity (Wildman–Crippen MR) is 113 cm³/mol. The van der Waals surface area contributed by atoms with Crippen LogP contribution in [0, 0.1) is 13.8 Å². The quantitative estimate of drug-likeness (QED) is 0.576. The molecular formula is C20H18N2O5S2. The van der Waals surface area contributed by atoms with E-state index in [0.717, 1.165) is 5.56 Å². The fraction of sp³-hybridized carbons (Fsp3) is 0.250. The number of fused-ring (bicyclic) bond motifs is 1. The van der Waals surface area contributed by atoms with Gasteiger partial charge in [0.1, 0.15) is 15.8 Å². The van der Waals surface area contributed by atoms with Crippen molar-refractivity contribution in [2.24, 2.45) is 0 Å². The number of ether oxygens (including phenoxy) is 2. The Balaban J connectivity index is 1.38. The highest BCUT2D eigenvalue weighted by molar-refractivity contribution is 8.26. The van der Waals surface area contributed by atoms with Crippen LogP contribution in [0.4, 0.5) is 0 Å². The van der Waals surface area contributed by atoms with Gasteiger partial charge in [0.05, 0.1) is 10.5 Å². The fourth-order valence-corrected chi connectivity index (χ4v) is 4.39. The van der Waals surface area contributed by atoms with Gasteiger partial charge in [-0.25, -0.2) is 0 Å². The molecule has 0 saturated carbocycles. The molecule has 1 fully saturated rings. The summed E-state index contributed by atoms with van der Waals surface area (Å²) in [6.07, 6.45) is 1.78. The summed E-state index contributed by atoms with van der Waals surface area (Å²) < 4.78 is 16.5. The van der Waals surface area contributed by atoms with Crippen LogP contribution in [-0.4, -0.2) is 40.9 Å². The Hall–Kier alpha value is -2.78. The lowest BCUT2D eigenvalue weighted by Crippen LogP contribution is -2.37. The molecule has 0 bridgehead atoms. The van der Waals surface area contributed by atoms with Gasteiger partial charge in [-0.3, -0.25) is 14.5 Å². The first-order valence-electron chi connectivity index (χ1n) is 8.92. The van der Waals surface area contributed by atoms with E-state index in [1.807, 2.05) is 18.2 Å². The summed E-state index contributed by atoms with van der Waals surface area (Å²) in [6, 6.07) is 7.18. The maximum absolute atomic E-state index is 12.7. The summed E-state index contributed by atoms with van der Waals surface area (Å²) in [4.78, 5) is 27.0. The van der Waals surface area contributed by atoms with E-state index in [4.69, 9.17) is 26.1 Å². The molecule has 2 aromatic rings. The second kappa shape index (κ2) is 7.92. The Kier molecular flexibility index (Phi) is 5.33. The molecule has 7 nitrogen and oxygen atoms in total. The molecule has 29 heavy (non-hydrogen) atoms. The number of furan rings is 1. The average molecular weight is 431 g/mol. The van der Waals surface area contributed by atoms with Crippen molar-refractivity contribution in [2.45, 2.75) is 13.8 Å². The Morgan fingerprint density at radius 2 is 2.07 bits per heavy atom. The highest BCUT2D eigenvalue weighted by Gasteiger charge is 2.32. The third-order valence-electron chi connectivity index (χ3n) is 4.47. The molecule has 0 unspecified atom stereocenters. The summed E-state index contributed by atoms with van der Waals surface area (Å²) in [7, 11) is 0. The SMILES string of the molecule is Cc1cc(C(=O)NCCN2C(=O)/C(=C\c3ccc4c(c3)OCO4)SC2=S)c(C)o1. The molecule has 1 N–H and O–H groups in total. The number of benzene rings is 1. The number of carbonyl (C=O) groups excluding carboxylic acids is 2. The standard InChI is InChI=1S/C20H18N2O5S2/c1-11-7-14(12(2)27-11)18(23)21-5-6-22-19(24)17(29-20(22)28)9-13-3-4-15-16(8-13)26-10-25-15/h3-4,7-9H,5-6,10H2,1-2H3,(H,21,23)/b17-9+. The van der Waals surface area contributed by atoms with Gasteiger partial charge < -0.3 is 19.2 Å². The number of hydrogen-bond donors (Lipinski definition) is 1. The molecule has 2 amide bonds. The Bertz CT molecular complexity index is 1040. The van der Waals surface area contributed by atoms with Crippen molar-refractivity contribution >= 4 is 46.2 Å². The lowest BCUT2D eigenvalue weighted by molar-refractivity contribution is -0.122. The minimum Gasteiger partial charge on any atom is -0.466 e. The van der Waals surface area contributed by atoms with Gasteiger partial charge in [0.2, 0.25) is 6.79 Å². The van der Waals surface area contributed by atoms with Crippen molar-refractivity contribution in [1.82, 2.24) is 10.2 Å². The lowest BCUT2D eigenvalue weighted by atomic mass is 10.2. The Morgan fingerprint density at radius 3 is 2.83 bits per heavy atom. The largest absolute Gasteiger partial charge is 0.466 e. The number of thiocarbonyl (C=S) groups is 1. The van der Waals surface area contributed by atoms with Crippen LogP contribution >= 0.6 is 24.0 Å². The Labute approximate surface area is 177 Å². The minimum absolute atomic E-state index is 0.178. The monoisotopic (exact) mass is 430 g/mol. The minimum atomic E-state index is -0.235. The zero-order chi connectivity index (χ0) is 20.5. The van der Waals surface area contributed by atoms with Crippen LogP contribution < -0.4 is 14.8 Å². The van der Waals surface area contributed by atoms with Crippen LogP contribution in [0.15, 0.2) is 33.6 Å². The molecular weight excluding hydrogens is 412 g/mol. The first-order chi connectivity index (χ1) is 13.9. The van der Waals surface area contributed by atoms with Gasteiger partial charge in [-0.2, -0.15) is 0 Å². The molecule has 1 aromatic heterocycles. The van der Waals surface area contributed by atoms with Gasteiger partial charge in [0, 0.05) is 13.1 Å². The van der Waals surface area contributed by atoms with Crippen molar-refractivity contribution in [3.8, 4) is 11.5 Å². The second-order valence-corrected chi connectivity index (χ2v) is 8.20. The van der Waals surface area contributed by atoms with Gasteiger partial charge in [-0.15, -0.1) is 0 Å². The van der Waals surface area contributed by atoms with Gasteiger partial charge in [0.15, 0.2) is 11.5 Å². The molecule has 0 atom stereocenters. The third-order valence-corrected chi connectivity index (χ3v) is 5.85. The third kappa shape index (κ3) is 4.01. The van der Waals surface area contributed by atoms with Gasteiger partial charge in [0.25, 0.3) is 11.8 Å². The molecule has 150 valence electrons. The molecule has 0 radical (unpaired) electrons. The van der Waals surface area contributed by atoms with Crippen molar-refractivity contribution in [3.05, 3.63) is 51.8 Å². The number of nitrogens with zero attached hydrogens (tertiary/aromatic N) is 1. The zero-order valence-electron chi connectivity index (χ0n) is 15.8. The molecule has 4 rings (SSSR count). The fourth-order valence-electron chi connectivity index (χ4n) is 3.08. The van der Waals surface area contributed by atoms with E-state index < -0.39 is 0 Å². The van der Waals surface area contributed by atoms with Crippen LogP contribution in [0.2, 0.25) is 0 Å². The lowest BCUT2D eigenvalue weighted by Gasteiger charge is -2.14. The molecule has 3 heterocycles. The van der Waals surface area contributed by atoms with E-state index >= 15 is 0 Å². The normalized spacial score (nSPS) is 16.8. The zero-order valence-corrected chi connectivity index (χ0v) is 17.4. The van der Waals surface area contributed by atoms with Crippen LogP contribution in [-0.2, 0) is 4.79 Å². The maximum atomic E-state index is 12.7. The molecule has 2 aliphatic heterocycles. The summed E-state index contributed by atoms with van der Waals surface area (Å²) in [5.74, 6) is 2.17. The van der Waals surface area contributed by atoms with E-state index in [9.17, 15) is 9.59 Å². The summed E-state index contributed by atoms with van der Waals surface area (Å²) in [6.45, 7) is 4.31. The maximum Gasteiger partial charge on any atom is 0.266 e. The molecule has 1 saturated heterocycles. The number of rotatable bonds is 5. The van der Waals surface area contributed by atoms with E-state index in [1.54, 1.807) is 26.0 Å². The molecule has 0 spiro atoms. The van der Waals surface area contributed by atoms with Gasteiger partial charge in [-0.1, -0.05) is 30.0 Å². The summed E-state index contributed by atoms with van der Waals surface area (Å²) in [5, 5.41) is 2.80. The topological polar surface area (TPSA) is 81.0 Å². The Morgan fingerprint density at radius 1 is 1.28 bits per heavy atom. The molecule has 2 aliphatic rings. The number of nitrogens with one attached hydrogen (secondary N) is 1. The van der Waals surface area contributed by atoms with Crippen molar-refractivity contribution in [3.63, 3.8) is 0 Å². The number of amides is 2. The highest BCUT2D eigenvalue weighted by atomic mass is 32.2. The van der Waals surface area contributed by atoms with Crippen molar-refractivity contribution < 1.29 is 23.5 Å². The van der Waals surface area contributed by atoms with Crippen molar-refractivity contribution in [2.75, 3.05) is 19.9 Å². The van der Waals surface area contributed by atoms with Crippen LogP contribution in [0.25, 0.3) is 6.08 Å². The number of carbonyl (C=O) groups is 2. The van der Waals surface area contributed by atoms with Gasteiger partial charge in [-0.05, 0) is 43.7 Å². The number of thioether (sulfide) groups is 1. The number of hydrogen-bond acceptors (Lipinski definition) is 7. The van der Waals surface area contributed by atoms with Crippen LogP contribution in [0.5, 0.6) is 11.5 Å². The average Bonchev–Trinajstić information content (AvgIpc) is 3.35. The summed E-state index contributed by atoms with van der Waals surface area (Å²) >= 11 is 6.58. The van der Waals surface area contributed by atoms with E-state index in [0.29, 0.717) is 44.4 Å². The molecule has 1 aromatic carbocycles. The van der Waals surface area contributed by atoms with Crippen molar-refractivity contribution in [1.29, 1.82) is 0 Å². The van der Waals surface area contributed by atoms with Crippen LogP contribution in [0.1, 0.15) is 27.4 Å². The van der Waals surface area contributed by atoms with E-state index in [-0.39, 0.29) is 25.2 Å². The first-order valence-corrected chi connectivity index (χ1v) is 10.1. The second-order valence-electron chi connectivity index (χ2n) is 6.53. The molecule has 0 aliphatic carbocycles. The number of aryl methyl sites for hydroxylation is 2. The van der Waals surface area contributed by atoms with Gasteiger partial charge >= 0.3 is 0 Å².